The Morgan fingerprint density at radius 3 is 2.35 bits per heavy atom. The summed E-state index contributed by atoms with van der Waals surface area (Å²) in [6.07, 6.45) is 0.573. The maximum Gasteiger partial charge on any atom is 0.159 e. The van der Waals surface area contributed by atoms with Gasteiger partial charge in [0.05, 0.1) is 0 Å². The summed E-state index contributed by atoms with van der Waals surface area (Å²) in [5.74, 6) is -2.02. The predicted molar refractivity (Wildman–Crippen MR) is 58.8 cm³/mol. The molecule has 0 aliphatic rings. The molecule has 4 heteroatoms. The van der Waals surface area contributed by atoms with Crippen molar-refractivity contribution in [3.05, 3.63) is 53.6 Å². The number of phenolic OH excluding ortho intramolecular Hbond substituents is 1. The lowest BCUT2D eigenvalue weighted by atomic mass is 10.0. The Morgan fingerprint density at radius 2 is 1.71 bits per heavy atom. The molecule has 0 heterocycles. The van der Waals surface area contributed by atoms with Gasteiger partial charge in [-0.25, -0.2) is 8.78 Å². The van der Waals surface area contributed by atoms with Crippen LogP contribution < -0.4 is 0 Å². The van der Waals surface area contributed by atoms with Gasteiger partial charge in [-0.15, -0.1) is 0 Å². The van der Waals surface area contributed by atoms with Gasteiger partial charge in [-0.2, -0.15) is 0 Å². The van der Waals surface area contributed by atoms with E-state index in [1.165, 1.54) is 24.3 Å². The summed E-state index contributed by atoms with van der Waals surface area (Å²) in [7, 11) is 0. The van der Waals surface area contributed by atoms with Crippen molar-refractivity contribution in [2.24, 2.45) is 0 Å². The van der Waals surface area contributed by atoms with Gasteiger partial charge in [-0.1, -0.05) is 6.07 Å². The Morgan fingerprint density at radius 1 is 0.941 bits per heavy atom. The molecule has 0 atom stereocenters. The molecule has 86 valence electrons. The lowest BCUT2D eigenvalue weighted by molar-refractivity contribution is 0.112. The minimum absolute atomic E-state index is 0.102. The van der Waals surface area contributed by atoms with Crippen molar-refractivity contribution in [3.63, 3.8) is 0 Å². The Kier molecular flexibility index (Phi) is 2.87. The van der Waals surface area contributed by atoms with Crippen LogP contribution in [-0.4, -0.2) is 11.4 Å². The first kappa shape index (κ1) is 11.3. The molecule has 0 aliphatic heterocycles. The molecule has 2 rings (SSSR count). The first-order valence-corrected chi connectivity index (χ1v) is 4.85. The van der Waals surface area contributed by atoms with Gasteiger partial charge in [0.2, 0.25) is 0 Å². The quantitative estimate of drug-likeness (QED) is 0.810. The van der Waals surface area contributed by atoms with Crippen molar-refractivity contribution in [1.29, 1.82) is 0 Å². The summed E-state index contributed by atoms with van der Waals surface area (Å²) in [5.41, 5.74) is 1.11. The van der Waals surface area contributed by atoms with Crippen LogP contribution in [0.2, 0.25) is 0 Å². The van der Waals surface area contributed by atoms with Gasteiger partial charge in [0, 0.05) is 5.56 Å². The van der Waals surface area contributed by atoms with E-state index in [9.17, 15) is 18.7 Å². The molecule has 0 radical (unpaired) electrons. The van der Waals surface area contributed by atoms with Gasteiger partial charge in [-0.05, 0) is 41.5 Å². The first-order chi connectivity index (χ1) is 8.10. The zero-order valence-electron chi connectivity index (χ0n) is 8.65. The first-order valence-electron chi connectivity index (χ1n) is 4.85. The van der Waals surface area contributed by atoms with E-state index in [-0.39, 0.29) is 11.3 Å². The third-order valence-corrected chi connectivity index (χ3v) is 2.33. The minimum Gasteiger partial charge on any atom is -0.508 e. The highest BCUT2D eigenvalue weighted by Crippen LogP contribution is 2.26. The lowest BCUT2D eigenvalue weighted by Gasteiger charge is -2.04. The van der Waals surface area contributed by atoms with E-state index in [2.05, 4.69) is 0 Å². The molecular weight excluding hydrogens is 226 g/mol. The van der Waals surface area contributed by atoms with E-state index in [0.29, 0.717) is 17.4 Å². The number of carbonyl (C=O) groups is 1. The van der Waals surface area contributed by atoms with Crippen LogP contribution >= 0.6 is 0 Å². The van der Waals surface area contributed by atoms with Crippen LogP contribution in [0.25, 0.3) is 11.1 Å². The molecule has 1 N–H and O–H groups in total. The number of aldehydes is 1. The fourth-order valence-corrected chi connectivity index (χ4v) is 1.55. The summed E-state index contributed by atoms with van der Waals surface area (Å²) < 4.78 is 25.8. The molecule has 0 spiro atoms. The van der Waals surface area contributed by atoms with E-state index in [4.69, 9.17) is 0 Å². The highest BCUT2D eigenvalue weighted by atomic mass is 19.2. The molecule has 0 aromatic heterocycles. The third kappa shape index (κ3) is 2.30. The Hall–Kier alpha value is -2.23. The van der Waals surface area contributed by atoms with Gasteiger partial charge in [0.15, 0.2) is 11.6 Å². The fraction of sp³-hybridized carbons (Fsp3) is 0. The third-order valence-electron chi connectivity index (χ3n) is 2.33. The number of hydrogen-bond donors (Lipinski definition) is 1. The molecule has 0 aliphatic carbocycles. The topological polar surface area (TPSA) is 37.3 Å². The van der Waals surface area contributed by atoms with Crippen molar-refractivity contribution in [3.8, 4) is 16.9 Å². The van der Waals surface area contributed by atoms with Gasteiger partial charge in [0.25, 0.3) is 0 Å². The molecule has 0 unspecified atom stereocenters. The second-order valence-corrected chi connectivity index (χ2v) is 3.56. The van der Waals surface area contributed by atoms with Gasteiger partial charge >= 0.3 is 0 Å². The standard InChI is InChI=1S/C13H8F2O2/c14-12-2-1-9(6-13(12)15)10-3-8(7-16)4-11(17)5-10/h1-7,17H. The van der Waals surface area contributed by atoms with Crippen LogP contribution in [0.3, 0.4) is 0 Å². The Bertz CT molecular complexity index is 580. The number of phenols is 1. The second kappa shape index (κ2) is 4.33. The Labute approximate surface area is 96.1 Å². The molecule has 2 nitrogen and oxygen atoms in total. The van der Waals surface area contributed by atoms with E-state index in [1.54, 1.807) is 0 Å². The van der Waals surface area contributed by atoms with Crippen LogP contribution in [0, 0.1) is 11.6 Å². The zero-order valence-corrected chi connectivity index (χ0v) is 8.65. The smallest absolute Gasteiger partial charge is 0.159 e. The molecule has 0 bridgehead atoms. The van der Waals surface area contributed by atoms with Crippen molar-refractivity contribution in [2.45, 2.75) is 0 Å². The Balaban J connectivity index is 2.55. The molecule has 2 aromatic carbocycles. The number of aromatic hydroxyl groups is 1. The molecule has 0 fully saturated rings. The number of benzene rings is 2. The summed E-state index contributed by atoms with van der Waals surface area (Å²) in [4.78, 5) is 10.6. The lowest BCUT2D eigenvalue weighted by Crippen LogP contribution is -1.87. The van der Waals surface area contributed by atoms with Crippen molar-refractivity contribution in [1.82, 2.24) is 0 Å². The highest BCUT2D eigenvalue weighted by Gasteiger charge is 2.06. The van der Waals surface area contributed by atoms with Crippen molar-refractivity contribution in [2.75, 3.05) is 0 Å². The van der Waals surface area contributed by atoms with Gasteiger partial charge < -0.3 is 5.11 Å². The number of rotatable bonds is 2. The maximum absolute atomic E-state index is 13.0. The second-order valence-electron chi connectivity index (χ2n) is 3.56. The summed E-state index contributed by atoms with van der Waals surface area (Å²) in [6, 6.07) is 7.53. The number of carbonyl (C=O) groups excluding carboxylic acids is 1. The van der Waals surface area contributed by atoms with E-state index >= 15 is 0 Å². The highest BCUT2D eigenvalue weighted by molar-refractivity contribution is 5.80. The van der Waals surface area contributed by atoms with Crippen molar-refractivity contribution < 1.29 is 18.7 Å². The van der Waals surface area contributed by atoms with Gasteiger partial charge in [-0.3, -0.25) is 4.79 Å². The van der Waals surface area contributed by atoms with E-state index in [1.807, 2.05) is 0 Å². The van der Waals surface area contributed by atoms with Crippen LogP contribution in [0.4, 0.5) is 8.78 Å². The van der Waals surface area contributed by atoms with Crippen LogP contribution in [0.5, 0.6) is 5.75 Å². The fourth-order valence-electron chi connectivity index (χ4n) is 1.55. The monoisotopic (exact) mass is 234 g/mol. The molecule has 0 saturated heterocycles. The summed E-state index contributed by atoms with van der Waals surface area (Å²) in [6.45, 7) is 0. The number of hydrogen-bond acceptors (Lipinski definition) is 2. The van der Waals surface area contributed by atoms with E-state index < -0.39 is 11.6 Å². The predicted octanol–water partition coefficient (Wildman–Crippen LogP) is 3.15. The average molecular weight is 234 g/mol. The van der Waals surface area contributed by atoms with Gasteiger partial charge in [0.1, 0.15) is 12.0 Å². The molecular formula is C13H8F2O2. The SMILES string of the molecule is O=Cc1cc(O)cc(-c2ccc(F)c(F)c2)c1. The van der Waals surface area contributed by atoms with Crippen molar-refractivity contribution >= 4 is 6.29 Å². The van der Waals surface area contributed by atoms with Crippen LogP contribution in [0.15, 0.2) is 36.4 Å². The summed E-state index contributed by atoms with van der Waals surface area (Å²) in [5, 5.41) is 9.38. The molecule has 0 amide bonds. The average Bonchev–Trinajstić information content (AvgIpc) is 2.32. The maximum atomic E-state index is 13.0. The number of halogens is 2. The molecule has 0 saturated carbocycles. The van der Waals surface area contributed by atoms with Crippen LogP contribution in [-0.2, 0) is 0 Å². The summed E-state index contributed by atoms with van der Waals surface area (Å²) >= 11 is 0. The van der Waals surface area contributed by atoms with Crippen LogP contribution in [0.1, 0.15) is 10.4 Å². The largest absolute Gasteiger partial charge is 0.508 e. The molecule has 17 heavy (non-hydrogen) atoms. The minimum atomic E-state index is -0.974. The van der Waals surface area contributed by atoms with E-state index in [0.717, 1.165) is 12.1 Å². The normalized spacial score (nSPS) is 10.2. The zero-order chi connectivity index (χ0) is 12.4. The molecule has 2 aromatic rings.